The fourth-order valence-electron chi connectivity index (χ4n) is 2.34. The number of anilines is 2. The van der Waals surface area contributed by atoms with Gasteiger partial charge in [-0.3, -0.25) is 0 Å². The molecule has 6 heteroatoms. The van der Waals surface area contributed by atoms with Gasteiger partial charge in [-0.2, -0.15) is 11.8 Å². The topological polar surface area (TPSA) is 68.5 Å². The summed E-state index contributed by atoms with van der Waals surface area (Å²) in [5.74, 6) is 0.272. The van der Waals surface area contributed by atoms with Crippen LogP contribution in [0.5, 0.6) is 0 Å². The molecular formula is C13H19N3O2S. The minimum absolute atomic E-state index is 0.395. The number of methoxy groups -OCH3 is 1. The van der Waals surface area contributed by atoms with E-state index in [0.29, 0.717) is 27.6 Å². The van der Waals surface area contributed by atoms with Gasteiger partial charge in [-0.1, -0.05) is 13.8 Å². The molecule has 0 amide bonds. The molecule has 1 aromatic rings. The first-order chi connectivity index (χ1) is 9.01. The summed E-state index contributed by atoms with van der Waals surface area (Å²) in [4.78, 5) is 18.3. The van der Waals surface area contributed by atoms with Crippen molar-refractivity contribution >= 4 is 29.2 Å². The molecule has 19 heavy (non-hydrogen) atoms. The van der Waals surface area contributed by atoms with Crippen LogP contribution in [0.15, 0.2) is 12.3 Å². The monoisotopic (exact) mass is 281 g/mol. The molecule has 0 radical (unpaired) electrons. The highest BCUT2D eigenvalue weighted by atomic mass is 32.2. The molecular weight excluding hydrogens is 262 g/mol. The number of nitrogen functional groups attached to an aromatic ring is 1. The van der Waals surface area contributed by atoms with Gasteiger partial charge >= 0.3 is 5.97 Å². The number of hydrogen-bond donors (Lipinski definition) is 1. The molecule has 0 spiro atoms. The Kier molecular flexibility index (Phi) is 4.19. The second-order valence-electron chi connectivity index (χ2n) is 4.79. The van der Waals surface area contributed by atoms with Crippen LogP contribution in [-0.4, -0.2) is 41.7 Å². The minimum Gasteiger partial charge on any atom is -0.465 e. The number of ether oxygens (including phenoxy) is 1. The normalized spacial score (nSPS) is 23.2. The number of carbonyl (C=O) groups is 1. The Bertz CT molecular complexity index is 471. The number of nitrogens with zero attached hydrogens (tertiary/aromatic N) is 2. The first-order valence-corrected chi connectivity index (χ1v) is 7.19. The van der Waals surface area contributed by atoms with Crippen LogP contribution in [-0.2, 0) is 4.74 Å². The standard InChI is InChI=1S/C13H19N3O2S/c1-8-6-16(7-9(2)19-8)12-11(13(17)18-3)4-10(14)5-15-12/h4-5,8-9H,6-7,14H2,1-3H3. The second kappa shape index (κ2) is 5.69. The number of nitrogens with two attached hydrogens (primary N) is 1. The first-order valence-electron chi connectivity index (χ1n) is 6.25. The van der Waals surface area contributed by atoms with Crippen LogP contribution in [0.1, 0.15) is 24.2 Å². The van der Waals surface area contributed by atoms with Crippen molar-refractivity contribution in [3.63, 3.8) is 0 Å². The lowest BCUT2D eigenvalue weighted by molar-refractivity contribution is 0.0601. The fourth-order valence-corrected chi connectivity index (χ4v) is 3.66. The van der Waals surface area contributed by atoms with E-state index in [0.717, 1.165) is 13.1 Å². The molecule has 2 heterocycles. The van der Waals surface area contributed by atoms with Gasteiger partial charge in [0.15, 0.2) is 0 Å². The molecule has 2 N–H and O–H groups in total. The summed E-state index contributed by atoms with van der Waals surface area (Å²) in [6.07, 6.45) is 1.58. The Hall–Kier alpha value is -1.43. The minimum atomic E-state index is -0.395. The van der Waals surface area contributed by atoms with Gasteiger partial charge in [-0.15, -0.1) is 0 Å². The number of thioether (sulfide) groups is 1. The van der Waals surface area contributed by atoms with Gasteiger partial charge in [-0.25, -0.2) is 9.78 Å². The Morgan fingerprint density at radius 3 is 2.68 bits per heavy atom. The third kappa shape index (κ3) is 3.12. The Labute approximate surface area is 117 Å². The summed E-state index contributed by atoms with van der Waals surface area (Å²) in [5, 5.41) is 1.02. The third-order valence-electron chi connectivity index (χ3n) is 3.01. The highest BCUT2D eigenvalue weighted by molar-refractivity contribution is 8.00. The van der Waals surface area contributed by atoms with Gasteiger partial charge in [0.25, 0.3) is 0 Å². The van der Waals surface area contributed by atoms with E-state index >= 15 is 0 Å². The summed E-state index contributed by atoms with van der Waals surface area (Å²) in [5.41, 5.74) is 6.62. The van der Waals surface area contributed by atoms with Crippen LogP contribution in [0.2, 0.25) is 0 Å². The lowest BCUT2D eigenvalue weighted by Crippen LogP contribution is -2.41. The van der Waals surface area contributed by atoms with Gasteiger partial charge in [0.2, 0.25) is 0 Å². The lowest BCUT2D eigenvalue weighted by atomic mass is 10.2. The van der Waals surface area contributed by atoms with Crippen LogP contribution in [0.3, 0.4) is 0 Å². The molecule has 2 unspecified atom stereocenters. The van der Waals surface area contributed by atoms with E-state index in [1.807, 2.05) is 11.8 Å². The molecule has 104 valence electrons. The summed E-state index contributed by atoms with van der Waals surface area (Å²) in [6, 6.07) is 1.63. The average Bonchev–Trinajstić information content (AvgIpc) is 2.36. The van der Waals surface area contributed by atoms with Gasteiger partial charge in [-0.05, 0) is 6.07 Å². The summed E-state index contributed by atoms with van der Waals surface area (Å²) in [7, 11) is 1.37. The maximum Gasteiger partial charge on any atom is 0.341 e. The van der Waals surface area contributed by atoms with E-state index in [2.05, 4.69) is 23.7 Å². The largest absolute Gasteiger partial charge is 0.465 e. The van der Waals surface area contributed by atoms with Crippen LogP contribution >= 0.6 is 11.8 Å². The van der Waals surface area contributed by atoms with E-state index in [9.17, 15) is 4.79 Å². The zero-order chi connectivity index (χ0) is 14.0. The van der Waals surface area contributed by atoms with Crippen molar-refractivity contribution in [2.24, 2.45) is 0 Å². The zero-order valence-electron chi connectivity index (χ0n) is 11.4. The van der Waals surface area contributed by atoms with Crippen molar-refractivity contribution in [2.45, 2.75) is 24.3 Å². The maximum absolute atomic E-state index is 11.8. The van der Waals surface area contributed by atoms with Crippen LogP contribution in [0.4, 0.5) is 11.5 Å². The van der Waals surface area contributed by atoms with Crippen LogP contribution in [0.25, 0.3) is 0 Å². The van der Waals surface area contributed by atoms with Crippen molar-refractivity contribution in [1.82, 2.24) is 4.98 Å². The van der Waals surface area contributed by atoms with Gasteiger partial charge in [0, 0.05) is 23.6 Å². The Morgan fingerprint density at radius 2 is 2.11 bits per heavy atom. The average molecular weight is 281 g/mol. The predicted octanol–water partition coefficient (Wildman–Crippen LogP) is 1.78. The molecule has 1 aromatic heterocycles. The van der Waals surface area contributed by atoms with Gasteiger partial charge in [0.05, 0.1) is 19.0 Å². The molecule has 2 rings (SSSR count). The predicted molar refractivity (Wildman–Crippen MR) is 78.7 cm³/mol. The van der Waals surface area contributed by atoms with E-state index < -0.39 is 5.97 Å². The highest BCUT2D eigenvalue weighted by Gasteiger charge is 2.26. The second-order valence-corrected chi connectivity index (χ2v) is 6.68. The third-order valence-corrected chi connectivity index (χ3v) is 4.24. The molecule has 1 saturated heterocycles. The smallest absolute Gasteiger partial charge is 0.341 e. The summed E-state index contributed by atoms with van der Waals surface area (Å²) >= 11 is 1.95. The molecule has 5 nitrogen and oxygen atoms in total. The molecule has 0 saturated carbocycles. The number of hydrogen-bond acceptors (Lipinski definition) is 6. The van der Waals surface area contributed by atoms with Gasteiger partial charge < -0.3 is 15.4 Å². The van der Waals surface area contributed by atoms with E-state index in [1.165, 1.54) is 7.11 Å². The van der Waals surface area contributed by atoms with Crippen molar-refractivity contribution in [1.29, 1.82) is 0 Å². The van der Waals surface area contributed by atoms with Crippen LogP contribution in [0, 0.1) is 0 Å². The van der Waals surface area contributed by atoms with Crippen LogP contribution < -0.4 is 10.6 Å². The molecule has 1 aliphatic rings. The maximum atomic E-state index is 11.8. The molecule has 1 fully saturated rings. The van der Waals surface area contributed by atoms with Crippen molar-refractivity contribution in [2.75, 3.05) is 30.8 Å². The summed E-state index contributed by atoms with van der Waals surface area (Å²) in [6.45, 7) is 6.11. The zero-order valence-corrected chi connectivity index (χ0v) is 12.2. The van der Waals surface area contributed by atoms with E-state index in [4.69, 9.17) is 10.5 Å². The molecule has 1 aliphatic heterocycles. The Balaban J connectivity index is 2.35. The number of rotatable bonds is 2. The molecule has 0 bridgehead atoms. The quantitative estimate of drug-likeness (QED) is 0.833. The number of esters is 1. The molecule has 0 aliphatic carbocycles. The molecule has 0 aromatic carbocycles. The number of pyridine rings is 1. The molecule has 2 atom stereocenters. The van der Waals surface area contributed by atoms with E-state index in [1.54, 1.807) is 12.3 Å². The summed E-state index contributed by atoms with van der Waals surface area (Å²) < 4.78 is 4.81. The van der Waals surface area contributed by atoms with Crippen molar-refractivity contribution < 1.29 is 9.53 Å². The van der Waals surface area contributed by atoms with Crippen molar-refractivity contribution in [3.8, 4) is 0 Å². The fraction of sp³-hybridized carbons (Fsp3) is 0.538. The van der Waals surface area contributed by atoms with Crippen molar-refractivity contribution in [3.05, 3.63) is 17.8 Å². The Morgan fingerprint density at radius 1 is 1.47 bits per heavy atom. The number of aromatic nitrogens is 1. The number of carbonyl (C=O) groups excluding carboxylic acids is 1. The van der Waals surface area contributed by atoms with Gasteiger partial charge in [0.1, 0.15) is 11.4 Å². The SMILES string of the molecule is COC(=O)c1cc(N)cnc1N1CC(C)SC(C)C1. The first kappa shape index (κ1) is 14.0. The highest BCUT2D eigenvalue weighted by Crippen LogP contribution is 2.30. The van der Waals surface area contributed by atoms with E-state index in [-0.39, 0.29) is 0 Å². The lowest BCUT2D eigenvalue weighted by Gasteiger charge is -2.36.